The number of rotatable bonds is 6. The zero-order chi connectivity index (χ0) is 24.8. The number of hydrogen-bond donors (Lipinski definition) is 1. The lowest BCUT2D eigenvalue weighted by Gasteiger charge is -2.34. The van der Waals surface area contributed by atoms with E-state index in [1.807, 2.05) is 6.08 Å². The Balaban J connectivity index is 2.34. The van der Waals surface area contributed by atoms with Crippen LogP contribution in [0.2, 0.25) is 0 Å². The number of aliphatic hydroxyl groups is 1. The molecule has 4 atom stereocenters. The normalized spacial score (nSPS) is 28.2. The monoisotopic (exact) mass is 464 g/mol. The molecule has 0 aromatic carbocycles. The second-order valence-electron chi connectivity index (χ2n) is 8.62. The van der Waals surface area contributed by atoms with E-state index in [0.29, 0.717) is 12.8 Å². The smallest absolute Gasteiger partial charge is 0.337 e. The van der Waals surface area contributed by atoms with Gasteiger partial charge in [-0.05, 0) is 32.3 Å². The highest BCUT2D eigenvalue weighted by atomic mass is 16.6. The van der Waals surface area contributed by atoms with Crippen molar-refractivity contribution in [2.75, 3.05) is 13.2 Å². The lowest BCUT2D eigenvalue weighted by Crippen LogP contribution is -2.41. The first kappa shape index (κ1) is 26.3. The summed E-state index contributed by atoms with van der Waals surface area (Å²) in [6.45, 7) is 9.38. The zero-order valence-electron chi connectivity index (χ0n) is 19.5. The molecule has 182 valence electrons. The standard InChI is InChI=1S/C24H32O9/c1-6-18(13-31-16(4)26)23(28)33-20-11-24(5,29)9-7-8-17(12-30-15(3)25)10-19-21(20)14(2)22(27)32-19/h6,8,19-21,29H,2,7,9-13H2,1,3-5H3. The molecule has 9 nitrogen and oxygen atoms in total. The van der Waals surface area contributed by atoms with Crippen LogP contribution in [-0.4, -0.2) is 60.0 Å². The van der Waals surface area contributed by atoms with E-state index in [0.717, 1.165) is 5.57 Å². The molecule has 1 N–H and O–H groups in total. The fourth-order valence-corrected chi connectivity index (χ4v) is 3.95. The summed E-state index contributed by atoms with van der Waals surface area (Å²) >= 11 is 0. The highest BCUT2D eigenvalue weighted by Crippen LogP contribution is 2.39. The van der Waals surface area contributed by atoms with Crippen LogP contribution < -0.4 is 0 Å². The van der Waals surface area contributed by atoms with Gasteiger partial charge in [0, 0.05) is 32.3 Å². The summed E-state index contributed by atoms with van der Waals surface area (Å²) in [5.41, 5.74) is -0.226. The van der Waals surface area contributed by atoms with Gasteiger partial charge >= 0.3 is 23.9 Å². The molecule has 0 amide bonds. The molecule has 1 heterocycles. The van der Waals surface area contributed by atoms with Gasteiger partial charge in [-0.15, -0.1) is 0 Å². The lowest BCUT2D eigenvalue weighted by atomic mass is 9.80. The Morgan fingerprint density at radius 3 is 2.55 bits per heavy atom. The molecular weight excluding hydrogens is 432 g/mol. The van der Waals surface area contributed by atoms with Crippen LogP contribution in [0.5, 0.6) is 0 Å². The Kier molecular flexibility index (Phi) is 8.99. The maximum absolute atomic E-state index is 12.8. The van der Waals surface area contributed by atoms with Crippen molar-refractivity contribution < 1.29 is 43.2 Å². The SMILES string of the molecule is C=C1C(=O)OC2CC(COC(C)=O)=CCCC(C)(O)CC(OC(=O)C(=CC)COC(C)=O)C12. The molecule has 0 saturated carbocycles. The van der Waals surface area contributed by atoms with Crippen LogP contribution in [-0.2, 0) is 38.1 Å². The van der Waals surface area contributed by atoms with Crippen LogP contribution in [0.15, 0.2) is 35.5 Å². The van der Waals surface area contributed by atoms with Crippen LogP contribution in [0.25, 0.3) is 0 Å². The summed E-state index contributed by atoms with van der Waals surface area (Å²) < 4.78 is 21.3. The van der Waals surface area contributed by atoms with E-state index in [9.17, 15) is 24.3 Å². The van der Waals surface area contributed by atoms with Crippen molar-refractivity contribution in [3.63, 3.8) is 0 Å². The predicted molar refractivity (Wildman–Crippen MR) is 117 cm³/mol. The summed E-state index contributed by atoms with van der Waals surface area (Å²) in [6, 6.07) is 0. The second kappa shape index (κ2) is 11.3. The maximum Gasteiger partial charge on any atom is 0.337 e. The van der Waals surface area contributed by atoms with Crippen LogP contribution in [0.1, 0.15) is 53.4 Å². The van der Waals surface area contributed by atoms with E-state index in [1.165, 1.54) is 19.9 Å². The predicted octanol–water partition coefficient (Wildman–Crippen LogP) is 2.32. The third kappa shape index (κ3) is 7.56. The van der Waals surface area contributed by atoms with E-state index in [-0.39, 0.29) is 37.2 Å². The molecule has 0 bridgehead atoms. The van der Waals surface area contributed by atoms with Gasteiger partial charge in [-0.3, -0.25) is 9.59 Å². The van der Waals surface area contributed by atoms with Crippen LogP contribution in [0.3, 0.4) is 0 Å². The van der Waals surface area contributed by atoms with Gasteiger partial charge in [0.05, 0.1) is 17.1 Å². The first-order valence-electron chi connectivity index (χ1n) is 10.9. The molecule has 4 unspecified atom stereocenters. The topological polar surface area (TPSA) is 125 Å². The van der Waals surface area contributed by atoms with E-state index in [1.54, 1.807) is 13.8 Å². The van der Waals surface area contributed by atoms with Gasteiger partial charge in [0.25, 0.3) is 0 Å². The first-order valence-corrected chi connectivity index (χ1v) is 10.9. The van der Waals surface area contributed by atoms with Crippen molar-refractivity contribution in [3.8, 4) is 0 Å². The Morgan fingerprint density at radius 1 is 1.27 bits per heavy atom. The molecule has 1 aliphatic carbocycles. The lowest BCUT2D eigenvalue weighted by molar-refractivity contribution is -0.153. The highest BCUT2D eigenvalue weighted by Gasteiger charge is 2.47. The fourth-order valence-electron chi connectivity index (χ4n) is 3.95. The number of allylic oxidation sites excluding steroid dienone is 2. The van der Waals surface area contributed by atoms with Crippen LogP contribution in [0, 0.1) is 5.92 Å². The first-order chi connectivity index (χ1) is 15.4. The Labute approximate surface area is 193 Å². The third-order valence-corrected chi connectivity index (χ3v) is 5.71. The molecule has 0 aromatic heterocycles. The molecule has 0 aromatic rings. The molecule has 33 heavy (non-hydrogen) atoms. The second-order valence-corrected chi connectivity index (χ2v) is 8.62. The number of fused-ring (bicyclic) bond motifs is 1. The molecule has 1 aliphatic heterocycles. The molecule has 0 radical (unpaired) electrons. The van der Waals surface area contributed by atoms with E-state index in [4.69, 9.17) is 18.9 Å². The van der Waals surface area contributed by atoms with E-state index in [2.05, 4.69) is 6.58 Å². The van der Waals surface area contributed by atoms with E-state index >= 15 is 0 Å². The molecule has 1 fully saturated rings. The molecule has 9 heteroatoms. The number of ether oxygens (including phenoxy) is 4. The summed E-state index contributed by atoms with van der Waals surface area (Å²) in [6.07, 6.45) is 2.88. The average Bonchev–Trinajstić information content (AvgIpc) is 2.98. The molecule has 1 saturated heterocycles. The van der Waals surface area contributed by atoms with Crippen LogP contribution >= 0.6 is 0 Å². The van der Waals surface area contributed by atoms with Gasteiger partial charge < -0.3 is 24.1 Å². The minimum absolute atomic E-state index is 0.0281. The van der Waals surface area contributed by atoms with Crippen molar-refractivity contribution in [1.29, 1.82) is 0 Å². The van der Waals surface area contributed by atoms with Crippen molar-refractivity contribution in [1.82, 2.24) is 0 Å². The molecule has 2 rings (SSSR count). The van der Waals surface area contributed by atoms with Gasteiger partial charge in [-0.1, -0.05) is 18.7 Å². The molecular formula is C24H32O9. The zero-order valence-corrected chi connectivity index (χ0v) is 19.5. The Hall–Kier alpha value is -2.94. The fraction of sp³-hybridized carbons (Fsp3) is 0.583. The Morgan fingerprint density at radius 2 is 1.94 bits per heavy atom. The van der Waals surface area contributed by atoms with Crippen molar-refractivity contribution in [2.24, 2.45) is 5.92 Å². The maximum atomic E-state index is 12.8. The van der Waals surface area contributed by atoms with Crippen molar-refractivity contribution >= 4 is 23.9 Å². The number of carbonyl (C=O) groups is 4. The van der Waals surface area contributed by atoms with Gasteiger partial charge in [0.1, 0.15) is 25.4 Å². The summed E-state index contributed by atoms with van der Waals surface area (Å²) in [4.78, 5) is 47.6. The average molecular weight is 465 g/mol. The quantitative estimate of drug-likeness (QED) is 0.273. The van der Waals surface area contributed by atoms with Crippen molar-refractivity contribution in [2.45, 2.75) is 71.2 Å². The third-order valence-electron chi connectivity index (χ3n) is 5.71. The van der Waals surface area contributed by atoms with Gasteiger partial charge in [0.2, 0.25) is 0 Å². The van der Waals surface area contributed by atoms with Gasteiger partial charge in [-0.25, -0.2) is 9.59 Å². The molecule has 2 aliphatic rings. The summed E-state index contributed by atoms with van der Waals surface area (Å²) in [5.74, 6) is -3.03. The van der Waals surface area contributed by atoms with Gasteiger partial charge in [0.15, 0.2) is 0 Å². The number of hydrogen-bond acceptors (Lipinski definition) is 9. The largest absolute Gasteiger partial charge is 0.461 e. The number of carbonyl (C=O) groups excluding carboxylic acids is 4. The minimum Gasteiger partial charge on any atom is -0.461 e. The van der Waals surface area contributed by atoms with Gasteiger partial charge in [-0.2, -0.15) is 0 Å². The van der Waals surface area contributed by atoms with Crippen molar-refractivity contribution in [3.05, 3.63) is 35.5 Å². The minimum atomic E-state index is -1.23. The summed E-state index contributed by atoms with van der Waals surface area (Å²) in [7, 11) is 0. The summed E-state index contributed by atoms with van der Waals surface area (Å²) in [5, 5.41) is 11.0. The van der Waals surface area contributed by atoms with Crippen LogP contribution in [0.4, 0.5) is 0 Å². The number of esters is 4. The Bertz CT molecular complexity index is 865. The highest BCUT2D eigenvalue weighted by molar-refractivity contribution is 5.92. The van der Waals surface area contributed by atoms with E-state index < -0.39 is 47.6 Å². The molecule has 0 spiro atoms.